The minimum absolute atomic E-state index is 0. The molecule has 7 heteroatoms. The third-order valence-corrected chi connectivity index (χ3v) is 5.70. The summed E-state index contributed by atoms with van der Waals surface area (Å²) < 4.78 is 16.4. The van der Waals surface area contributed by atoms with Crippen LogP contribution in [-0.4, -0.2) is 38.4 Å². The number of carbonyl (C=O) groups excluding carboxylic acids is 1. The summed E-state index contributed by atoms with van der Waals surface area (Å²) in [5, 5.41) is 2.94. The number of anilines is 1. The van der Waals surface area contributed by atoms with Crippen molar-refractivity contribution in [3.8, 4) is 11.5 Å². The van der Waals surface area contributed by atoms with E-state index in [1.807, 2.05) is 13.8 Å². The summed E-state index contributed by atoms with van der Waals surface area (Å²) >= 11 is 0. The molecule has 2 aliphatic rings. The molecule has 0 bridgehead atoms. The smallest absolute Gasteiger partial charge is 0.245 e. The Bertz CT molecular complexity index is 652. The van der Waals surface area contributed by atoms with Crippen LogP contribution < -0.4 is 20.5 Å². The predicted octanol–water partition coefficient (Wildman–Crippen LogP) is 2.60. The summed E-state index contributed by atoms with van der Waals surface area (Å²) in [6.45, 7) is 4.76. The van der Waals surface area contributed by atoms with Crippen molar-refractivity contribution in [3.63, 3.8) is 0 Å². The first-order valence-corrected chi connectivity index (χ1v) is 8.30. The van der Waals surface area contributed by atoms with E-state index in [1.54, 1.807) is 32.4 Å². The quantitative estimate of drug-likeness (QED) is 0.851. The molecule has 0 radical (unpaired) electrons. The molecule has 1 saturated carbocycles. The van der Waals surface area contributed by atoms with Gasteiger partial charge in [0.1, 0.15) is 5.54 Å². The van der Waals surface area contributed by atoms with Gasteiger partial charge in [0.15, 0.2) is 11.5 Å². The van der Waals surface area contributed by atoms with E-state index in [9.17, 15) is 4.79 Å². The van der Waals surface area contributed by atoms with E-state index >= 15 is 0 Å². The van der Waals surface area contributed by atoms with E-state index in [0.29, 0.717) is 17.2 Å². The third-order valence-electron chi connectivity index (χ3n) is 5.70. The molecule has 1 aromatic rings. The molecule has 6 nitrogen and oxygen atoms in total. The first kappa shape index (κ1) is 19.8. The van der Waals surface area contributed by atoms with E-state index in [-0.39, 0.29) is 30.3 Å². The molecule has 1 amide bonds. The van der Waals surface area contributed by atoms with Gasteiger partial charge in [-0.25, -0.2) is 0 Å². The zero-order valence-corrected chi connectivity index (χ0v) is 15.9. The average molecular weight is 371 g/mol. The number of methoxy groups -OCH3 is 2. The summed E-state index contributed by atoms with van der Waals surface area (Å²) in [4.78, 5) is 13.0. The first-order valence-electron chi connectivity index (χ1n) is 8.30. The van der Waals surface area contributed by atoms with Crippen LogP contribution >= 0.6 is 12.4 Å². The zero-order valence-electron chi connectivity index (χ0n) is 15.1. The number of hydrogen-bond acceptors (Lipinski definition) is 5. The Morgan fingerprint density at radius 1 is 1.28 bits per heavy atom. The molecule has 3 N–H and O–H groups in total. The predicted molar refractivity (Wildman–Crippen MR) is 98.6 cm³/mol. The molecule has 140 valence electrons. The summed E-state index contributed by atoms with van der Waals surface area (Å²) in [5.74, 6) is 1.06. The topological polar surface area (TPSA) is 82.8 Å². The van der Waals surface area contributed by atoms with Crippen LogP contribution in [0, 0.1) is 11.3 Å². The van der Waals surface area contributed by atoms with E-state index in [1.165, 1.54) is 0 Å². The Labute approximate surface area is 154 Å². The van der Waals surface area contributed by atoms with Gasteiger partial charge in [-0.05, 0) is 25.0 Å². The molecule has 25 heavy (non-hydrogen) atoms. The van der Waals surface area contributed by atoms with Gasteiger partial charge in [-0.1, -0.05) is 13.8 Å². The maximum absolute atomic E-state index is 13.0. The molecule has 1 aliphatic carbocycles. The second-order valence-corrected chi connectivity index (χ2v) is 7.15. The molecule has 1 saturated heterocycles. The number of benzene rings is 1. The van der Waals surface area contributed by atoms with Crippen LogP contribution in [0.4, 0.5) is 5.69 Å². The van der Waals surface area contributed by atoms with Gasteiger partial charge in [0.2, 0.25) is 5.91 Å². The number of carbonyl (C=O) groups is 1. The van der Waals surface area contributed by atoms with E-state index in [2.05, 4.69) is 5.32 Å². The lowest BCUT2D eigenvalue weighted by Crippen LogP contribution is -2.81. The van der Waals surface area contributed by atoms with Crippen molar-refractivity contribution in [2.24, 2.45) is 17.1 Å². The Morgan fingerprint density at radius 2 is 1.96 bits per heavy atom. The fourth-order valence-corrected chi connectivity index (χ4v) is 4.19. The van der Waals surface area contributed by atoms with Crippen LogP contribution in [0.3, 0.4) is 0 Å². The van der Waals surface area contributed by atoms with Crippen LogP contribution in [-0.2, 0) is 9.53 Å². The number of fused-ring (bicyclic) bond motifs is 1. The highest BCUT2D eigenvalue weighted by atomic mass is 35.5. The number of halogens is 1. The molecule has 1 heterocycles. The van der Waals surface area contributed by atoms with Gasteiger partial charge in [0, 0.05) is 29.7 Å². The molecule has 3 atom stereocenters. The number of amides is 1. The van der Waals surface area contributed by atoms with E-state index in [0.717, 1.165) is 19.4 Å². The van der Waals surface area contributed by atoms with E-state index < -0.39 is 11.0 Å². The lowest BCUT2D eigenvalue weighted by molar-refractivity contribution is -0.222. The number of nitrogens with two attached hydrogens (primary N) is 1. The van der Waals surface area contributed by atoms with Crippen molar-refractivity contribution in [3.05, 3.63) is 18.2 Å². The molecule has 1 aromatic carbocycles. The molecule has 2 fully saturated rings. The number of ether oxygens (including phenoxy) is 3. The summed E-state index contributed by atoms with van der Waals surface area (Å²) in [6, 6.07) is 5.28. The number of nitrogens with one attached hydrogen (secondary N) is 1. The lowest BCUT2D eigenvalue weighted by Gasteiger charge is -2.65. The van der Waals surface area contributed by atoms with Gasteiger partial charge in [0.05, 0.1) is 20.3 Å². The summed E-state index contributed by atoms with van der Waals surface area (Å²) in [6.07, 6.45) is 1.91. The van der Waals surface area contributed by atoms with Crippen molar-refractivity contribution in [2.75, 3.05) is 26.1 Å². The van der Waals surface area contributed by atoms with Gasteiger partial charge in [-0.15, -0.1) is 12.4 Å². The van der Waals surface area contributed by atoms with E-state index in [4.69, 9.17) is 19.9 Å². The third kappa shape index (κ3) is 2.86. The second kappa shape index (κ2) is 7.02. The highest BCUT2D eigenvalue weighted by Crippen LogP contribution is 2.57. The Hall–Kier alpha value is -1.50. The number of hydrogen-bond donors (Lipinski definition) is 2. The average Bonchev–Trinajstić information content (AvgIpc) is 2.60. The van der Waals surface area contributed by atoms with Gasteiger partial charge >= 0.3 is 0 Å². The summed E-state index contributed by atoms with van der Waals surface area (Å²) in [7, 11) is 3.14. The highest BCUT2D eigenvalue weighted by molar-refractivity contribution is 6.00. The van der Waals surface area contributed by atoms with Gasteiger partial charge in [-0.3, -0.25) is 4.79 Å². The summed E-state index contributed by atoms with van der Waals surface area (Å²) in [5.41, 5.74) is 5.90. The molecular weight excluding hydrogens is 344 g/mol. The van der Waals surface area contributed by atoms with Crippen LogP contribution in [0.15, 0.2) is 18.2 Å². The van der Waals surface area contributed by atoms with Crippen molar-refractivity contribution in [1.82, 2.24) is 0 Å². The minimum atomic E-state index is -0.939. The van der Waals surface area contributed by atoms with Gasteiger partial charge in [0.25, 0.3) is 0 Å². The van der Waals surface area contributed by atoms with Crippen molar-refractivity contribution in [1.29, 1.82) is 0 Å². The van der Waals surface area contributed by atoms with Crippen LogP contribution in [0.2, 0.25) is 0 Å². The Kier molecular flexibility index (Phi) is 5.56. The van der Waals surface area contributed by atoms with Gasteiger partial charge < -0.3 is 25.3 Å². The Morgan fingerprint density at radius 3 is 2.60 bits per heavy atom. The standard InChI is InChI=1S/C18H26N2O4.ClH/c1-17(2)15-12(6-5-9-24-15)18(17,19)16(21)20-11-7-8-13(22-3)14(10-11)23-4;/h7-8,10,12,15H,5-6,9,19H2,1-4H3,(H,20,21);1H. The molecule has 3 rings (SSSR count). The van der Waals surface area contributed by atoms with Crippen LogP contribution in [0.25, 0.3) is 0 Å². The largest absolute Gasteiger partial charge is 0.493 e. The highest BCUT2D eigenvalue weighted by Gasteiger charge is 2.70. The van der Waals surface area contributed by atoms with Crippen molar-refractivity contribution < 1.29 is 19.0 Å². The minimum Gasteiger partial charge on any atom is -0.493 e. The SMILES string of the molecule is COc1ccc(NC(=O)C2(N)C3CCCOC3C2(C)C)cc1OC.Cl. The van der Waals surface area contributed by atoms with Crippen molar-refractivity contribution >= 4 is 24.0 Å². The monoisotopic (exact) mass is 370 g/mol. The first-order chi connectivity index (χ1) is 11.4. The normalized spacial score (nSPS) is 29.5. The maximum Gasteiger partial charge on any atom is 0.245 e. The molecule has 3 unspecified atom stereocenters. The van der Waals surface area contributed by atoms with Crippen molar-refractivity contribution in [2.45, 2.75) is 38.3 Å². The molecule has 0 spiro atoms. The fourth-order valence-electron chi connectivity index (χ4n) is 4.19. The second-order valence-electron chi connectivity index (χ2n) is 7.15. The zero-order chi connectivity index (χ0) is 17.5. The number of rotatable bonds is 4. The van der Waals surface area contributed by atoms with Crippen LogP contribution in [0.1, 0.15) is 26.7 Å². The van der Waals surface area contributed by atoms with Crippen LogP contribution in [0.5, 0.6) is 11.5 Å². The molecule has 1 aliphatic heterocycles. The molecule has 0 aromatic heterocycles. The maximum atomic E-state index is 13.0. The van der Waals surface area contributed by atoms with Gasteiger partial charge in [-0.2, -0.15) is 0 Å². The lowest BCUT2D eigenvalue weighted by atomic mass is 9.46. The molecular formula is C18H27ClN2O4. The Balaban J connectivity index is 0.00000225. The fraction of sp³-hybridized carbons (Fsp3) is 0.611.